The first-order chi connectivity index (χ1) is 11.0. The molecule has 8 heteroatoms. The minimum Gasteiger partial charge on any atom is -0.387 e. The average Bonchev–Trinajstić information content (AvgIpc) is 2.54. The van der Waals surface area contributed by atoms with Crippen molar-refractivity contribution in [3.63, 3.8) is 0 Å². The van der Waals surface area contributed by atoms with E-state index in [9.17, 15) is 4.79 Å². The standard InChI is InChI=1S/C15H14N7O/c1-7-9(4-3-8(6-23)11(7)18-2)10-5-19-14-12(20-10)13(16)21-15(17)22-14/h3-5,18H,1-2H3,(H4,16,17,19,21,22). The molecule has 0 bridgehead atoms. The smallest absolute Gasteiger partial charge is 0.235 e. The molecule has 2 heterocycles. The van der Waals surface area contributed by atoms with Gasteiger partial charge in [0.15, 0.2) is 17.0 Å². The number of fused-ring (bicyclic) bond motifs is 1. The highest BCUT2D eigenvalue weighted by Gasteiger charge is 2.14. The number of anilines is 3. The lowest BCUT2D eigenvalue weighted by molar-refractivity contribution is 0.563. The highest BCUT2D eigenvalue weighted by Crippen LogP contribution is 2.30. The number of aromatic nitrogens is 4. The van der Waals surface area contributed by atoms with Crippen LogP contribution in [0.5, 0.6) is 0 Å². The van der Waals surface area contributed by atoms with Crippen molar-refractivity contribution in [3.8, 4) is 11.3 Å². The van der Waals surface area contributed by atoms with E-state index in [4.69, 9.17) is 11.5 Å². The van der Waals surface area contributed by atoms with Crippen molar-refractivity contribution in [2.45, 2.75) is 6.92 Å². The molecule has 1 aromatic carbocycles. The first kappa shape index (κ1) is 14.6. The van der Waals surface area contributed by atoms with Gasteiger partial charge in [-0.15, -0.1) is 0 Å². The van der Waals surface area contributed by atoms with Crippen LogP contribution in [-0.2, 0) is 4.79 Å². The van der Waals surface area contributed by atoms with Crippen LogP contribution in [0.3, 0.4) is 0 Å². The van der Waals surface area contributed by atoms with Crippen LogP contribution in [0.1, 0.15) is 11.1 Å². The summed E-state index contributed by atoms with van der Waals surface area (Å²) in [5, 5.41) is 3.00. The van der Waals surface area contributed by atoms with Crippen molar-refractivity contribution in [2.24, 2.45) is 0 Å². The van der Waals surface area contributed by atoms with Crippen LogP contribution in [0.25, 0.3) is 22.4 Å². The fraction of sp³-hybridized carbons (Fsp3) is 0.133. The Morgan fingerprint density at radius 1 is 1.17 bits per heavy atom. The van der Waals surface area contributed by atoms with E-state index in [1.54, 1.807) is 25.4 Å². The highest BCUT2D eigenvalue weighted by atomic mass is 16.1. The molecule has 3 aromatic rings. The maximum atomic E-state index is 11.0. The zero-order valence-corrected chi connectivity index (χ0v) is 12.6. The molecule has 0 saturated carbocycles. The summed E-state index contributed by atoms with van der Waals surface area (Å²) in [5.41, 5.74) is 15.5. The summed E-state index contributed by atoms with van der Waals surface area (Å²) < 4.78 is 0. The number of nitrogen functional groups attached to an aromatic ring is 2. The molecule has 0 aliphatic rings. The lowest BCUT2D eigenvalue weighted by Gasteiger charge is -2.13. The molecule has 2 aromatic heterocycles. The van der Waals surface area contributed by atoms with Crippen molar-refractivity contribution in [2.75, 3.05) is 23.8 Å². The normalized spacial score (nSPS) is 10.7. The van der Waals surface area contributed by atoms with E-state index in [0.29, 0.717) is 28.1 Å². The number of nitrogens with zero attached hydrogens (tertiary/aromatic N) is 4. The topological polar surface area (TPSA) is 133 Å². The van der Waals surface area contributed by atoms with Crippen molar-refractivity contribution < 1.29 is 4.79 Å². The van der Waals surface area contributed by atoms with Crippen LogP contribution in [0.15, 0.2) is 18.3 Å². The Kier molecular flexibility index (Phi) is 3.49. The number of nitrogens with one attached hydrogen (secondary N) is 1. The minimum absolute atomic E-state index is 0.0524. The van der Waals surface area contributed by atoms with Crippen molar-refractivity contribution >= 4 is 34.9 Å². The fourth-order valence-electron chi connectivity index (χ4n) is 2.47. The summed E-state index contributed by atoms with van der Waals surface area (Å²) >= 11 is 0. The monoisotopic (exact) mass is 308 g/mol. The predicted octanol–water partition coefficient (Wildman–Crippen LogP) is 1.06. The largest absolute Gasteiger partial charge is 0.387 e. The molecule has 3 rings (SSSR count). The maximum Gasteiger partial charge on any atom is 0.235 e. The molecule has 0 spiro atoms. The number of hydrogen-bond acceptors (Lipinski definition) is 8. The summed E-state index contributed by atoms with van der Waals surface area (Å²) in [5.74, 6) is 0.225. The quantitative estimate of drug-likeness (QED) is 0.654. The Bertz CT molecular complexity index is 923. The van der Waals surface area contributed by atoms with Gasteiger partial charge < -0.3 is 16.8 Å². The summed E-state index contributed by atoms with van der Waals surface area (Å²) in [4.78, 5) is 27.6. The Morgan fingerprint density at radius 3 is 2.65 bits per heavy atom. The van der Waals surface area contributed by atoms with E-state index in [0.717, 1.165) is 11.1 Å². The van der Waals surface area contributed by atoms with E-state index >= 15 is 0 Å². The Balaban J connectivity index is 2.23. The molecule has 0 unspecified atom stereocenters. The van der Waals surface area contributed by atoms with E-state index in [1.807, 2.05) is 13.2 Å². The van der Waals surface area contributed by atoms with Crippen LogP contribution >= 0.6 is 0 Å². The van der Waals surface area contributed by atoms with Crippen molar-refractivity contribution in [1.29, 1.82) is 0 Å². The molecule has 115 valence electrons. The molecular formula is C15H14N7O. The summed E-state index contributed by atoms with van der Waals surface area (Å²) in [7, 11) is 1.74. The van der Waals surface area contributed by atoms with Gasteiger partial charge in [-0.2, -0.15) is 9.97 Å². The van der Waals surface area contributed by atoms with Crippen LogP contribution < -0.4 is 16.8 Å². The van der Waals surface area contributed by atoms with Crippen LogP contribution in [0.4, 0.5) is 17.5 Å². The number of rotatable bonds is 3. The van der Waals surface area contributed by atoms with Crippen molar-refractivity contribution in [1.82, 2.24) is 19.9 Å². The third kappa shape index (κ3) is 2.39. The molecule has 0 saturated heterocycles. The molecular weight excluding hydrogens is 294 g/mol. The van der Waals surface area contributed by atoms with Gasteiger partial charge in [-0.3, -0.25) is 4.79 Å². The van der Waals surface area contributed by atoms with Crippen molar-refractivity contribution in [3.05, 3.63) is 29.5 Å². The van der Waals surface area contributed by atoms with Gasteiger partial charge in [-0.25, -0.2) is 9.97 Å². The second-order valence-corrected chi connectivity index (χ2v) is 4.91. The van der Waals surface area contributed by atoms with E-state index in [-0.39, 0.29) is 11.8 Å². The molecule has 5 N–H and O–H groups in total. The molecule has 8 nitrogen and oxygen atoms in total. The molecule has 0 atom stereocenters. The predicted molar refractivity (Wildman–Crippen MR) is 88.5 cm³/mol. The lowest BCUT2D eigenvalue weighted by Crippen LogP contribution is -2.04. The first-order valence-electron chi connectivity index (χ1n) is 6.80. The lowest BCUT2D eigenvalue weighted by atomic mass is 10.00. The molecule has 23 heavy (non-hydrogen) atoms. The van der Waals surface area contributed by atoms with Crippen LogP contribution in [-0.4, -0.2) is 33.3 Å². The van der Waals surface area contributed by atoms with Gasteiger partial charge in [0.1, 0.15) is 0 Å². The third-order valence-electron chi connectivity index (χ3n) is 3.55. The minimum atomic E-state index is 0.0524. The van der Waals surface area contributed by atoms with E-state index < -0.39 is 0 Å². The number of benzene rings is 1. The summed E-state index contributed by atoms with van der Waals surface area (Å²) in [6.07, 6.45) is 3.49. The van der Waals surface area contributed by atoms with Crippen LogP contribution in [0.2, 0.25) is 0 Å². The molecule has 0 amide bonds. The first-order valence-corrected chi connectivity index (χ1v) is 6.80. The summed E-state index contributed by atoms with van der Waals surface area (Å²) in [6.45, 7) is 1.89. The van der Waals surface area contributed by atoms with Gasteiger partial charge in [0.25, 0.3) is 0 Å². The van der Waals surface area contributed by atoms with Gasteiger partial charge in [-0.1, -0.05) is 6.07 Å². The second kappa shape index (κ2) is 5.48. The molecule has 1 radical (unpaired) electrons. The Labute approximate surface area is 132 Å². The van der Waals surface area contributed by atoms with Gasteiger partial charge in [0.05, 0.1) is 11.9 Å². The molecule has 0 aliphatic heterocycles. The SMILES string of the molecule is CNc1c([C]=O)ccc(-c2cnc3nc(N)nc(N)c3n2)c1C. The van der Waals surface area contributed by atoms with Gasteiger partial charge in [0.2, 0.25) is 12.2 Å². The zero-order chi connectivity index (χ0) is 16.6. The highest BCUT2D eigenvalue weighted by molar-refractivity contribution is 5.90. The molecule has 0 fully saturated rings. The zero-order valence-electron chi connectivity index (χ0n) is 12.6. The van der Waals surface area contributed by atoms with Crippen LogP contribution in [0, 0.1) is 6.92 Å². The maximum absolute atomic E-state index is 11.0. The summed E-state index contributed by atoms with van der Waals surface area (Å²) in [6, 6.07) is 3.47. The van der Waals surface area contributed by atoms with Gasteiger partial charge in [-0.05, 0) is 18.6 Å². The van der Waals surface area contributed by atoms with Gasteiger partial charge >= 0.3 is 0 Å². The Hall–Kier alpha value is -3.29. The fourth-order valence-corrected chi connectivity index (χ4v) is 2.47. The second-order valence-electron chi connectivity index (χ2n) is 4.91. The Morgan fingerprint density at radius 2 is 1.96 bits per heavy atom. The third-order valence-corrected chi connectivity index (χ3v) is 3.55. The number of carbonyl (C=O) groups excluding carboxylic acids is 1. The van der Waals surface area contributed by atoms with E-state index in [2.05, 4.69) is 25.3 Å². The number of nitrogens with two attached hydrogens (primary N) is 2. The average molecular weight is 308 g/mol. The van der Waals surface area contributed by atoms with E-state index in [1.165, 1.54) is 0 Å². The molecule has 0 aliphatic carbocycles. The van der Waals surface area contributed by atoms with Gasteiger partial charge in [0, 0.05) is 23.9 Å². The number of hydrogen-bond donors (Lipinski definition) is 3.